The number of rotatable bonds is 8. The molecule has 0 aliphatic heterocycles. The van der Waals surface area contributed by atoms with Crippen LogP contribution in [0.5, 0.6) is 11.5 Å². The number of carboxylic acids is 1. The van der Waals surface area contributed by atoms with Crippen molar-refractivity contribution in [3.05, 3.63) is 59.7 Å². The Morgan fingerprint density at radius 2 is 1.58 bits per heavy atom. The maximum absolute atomic E-state index is 12.7. The largest absolute Gasteiger partial charge is 0.496 e. The Balaban J connectivity index is 2.34. The first kappa shape index (κ1) is 19.3. The Hall–Kier alpha value is -3.02. The lowest BCUT2D eigenvalue weighted by molar-refractivity contribution is -0.148. The minimum absolute atomic E-state index is 0.0605. The summed E-state index contributed by atoms with van der Waals surface area (Å²) in [5, 5.41) is 12.5. The van der Waals surface area contributed by atoms with Crippen LogP contribution in [0.15, 0.2) is 48.5 Å². The number of carboxylic acid groups (broad SMARTS) is 1. The number of nitrogens with one attached hydrogen (secondary N) is 1. The highest BCUT2D eigenvalue weighted by atomic mass is 16.5. The Morgan fingerprint density at radius 3 is 2.04 bits per heavy atom. The minimum Gasteiger partial charge on any atom is -0.496 e. The smallest absolute Gasteiger partial charge is 0.334 e. The van der Waals surface area contributed by atoms with Crippen molar-refractivity contribution in [2.45, 2.75) is 25.3 Å². The van der Waals surface area contributed by atoms with Gasteiger partial charge < -0.3 is 19.9 Å². The quantitative estimate of drug-likeness (QED) is 0.759. The van der Waals surface area contributed by atoms with Crippen molar-refractivity contribution >= 4 is 11.9 Å². The Morgan fingerprint density at radius 1 is 1.00 bits per heavy atom. The molecule has 0 spiro atoms. The van der Waals surface area contributed by atoms with Gasteiger partial charge >= 0.3 is 5.97 Å². The molecule has 0 aliphatic carbocycles. The fourth-order valence-corrected chi connectivity index (χ4v) is 2.96. The van der Waals surface area contributed by atoms with E-state index in [4.69, 9.17) is 9.47 Å². The van der Waals surface area contributed by atoms with Crippen LogP contribution >= 0.6 is 0 Å². The van der Waals surface area contributed by atoms with Crippen molar-refractivity contribution in [1.29, 1.82) is 0 Å². The number of hydrogen-bond acceptors (Lipinski definition) is 4. The summed E-state index contributed by atoms with van der Waals surface area (Å²) in [5.41, 5.74) is -0.401. The van der Waals surface area contributed by atoms with E-state index < -0.39 is 17.4 Å². The van der Waals surface area contributed by atoms with Crippen molar-refractivity contribution in [3.8, 4) is 11.5 Å². The SMILES string of the molecule is CCC(NC(=O)Cc1c(OC)cccc1OC)(C(=O)O)c1ccccc1. The molecule has 0 radical (unpaired) electrons. The first-order valence-corrected chi connectivity index (χ1v) is 8.28. The molecule has 0 aromatic heterocycles. The number of benzene rings is 2. The number of ether oxygens (including phenoxy) is 2. The van der Waals surface area contributed by atoms with E-state index in [1.165, 1.54) is 14.2 Å². The number of aliphatic carboxylic acids is 1. The summed E-state index contributed by atoms with van der Waals surface area (Å²) in [5.74, 6) is -0.513. The van der Waals surface area contributed by atoms with E-state index in [1.54, 1.807) is 55.5 Å². The lowest BCUT2D eigenvalue weighted by Crippen LogP contribution is -2.52. The van der Waals surface area contributed by atoms with Crippen LogP contribution in [0.1, 0.15) is 24.5 Å². The van der Waals surface area contributed by atoms with Gasteiger partial charge in [0.2, 0.25) is 5.91 Å². The molecule has 1 atom stereocenters. The van der Waals surface area contributed by atoms with Gasteiger partial charge in [-0.05, 0) is 24.1 Å². The zero-order valence-electron chi connectivity index (χ0n) is 15.1. The molecule has 0 aliphatic rings. The third-order valence-corrected chi connectivity index (χ3v) is 4.38. The van der Waals surface area contributed by atoms with Crippen molar-refractivity contribution in [1.82, 2.24) is 5.32 Å². The van der Waals surface area contributed by atoms with Crippen molar-refractivity contribution < 1.29 is 24.2 Å². The maximum Gasteiger partial charge on any atom is 0.334 e. The molecular weight excluding hydrogens is 334 g/mol. The number of carbonyl (C=O) groups is 2. The molecule has 2 aromatic carbocycles. The first-order valence-electron chi connectivity index (χ1n) is 8.28. The normalized spacial score (nSPS) is 12.7. The van der Waals surface area contributed by atoms with Gasteiger partial charge in [0, 0.05) is 5.56 Å². The van der Waals surface area contributed by atoms with Crippen LogP contribution in [0.25, 0.3) is 0 Å². The second-order valence-electron chi connectivity index (χ2n) is 5.80. The van der Waals surface area contributed by atoms with Crippen molar-refractivity contribution in [2.24, 2.45) is 0 Å². The van der Waals surface area contributed by atoms with Crippen molar-refractivity contribution in [3.63, 3.8) is 0 Å². The van der Waals surface area contributed by atoms with Gasteiger partial charge in [0.15, 0.2) is 5.54 Å². The molecule has 2 N–H and O–H groups in total. The monoisotopic (exact) mass is 357 g/mol. The summed E-state index contributed by atoms with van der Waals surface area (Å²) in [7, 11) is 3.02. The predicted molar refractivity (Wildman–Crippen MR) is 97.4 cm³/mol. The number of amides is 1. The standard InChI is InChI=1S/C20H23NO5/c1-4-20(19(23)24,14-9-6-5-7-10-14)21-18(22)13-15-16(25-2)11-8-12-17(15)26-3/h5-12H,4,13H2,1-3H3,(H,21,22)(H,23,24). The van der Waals surface area contributed by atoms with E-state index in [-0.39, 0.29) is 12.8 Å². The minimum atomic E-state index is -1.49. The van der Waals surface area contributed by atoms with E-state index >= 15 is 0 Å². The molecule has 0 heterocycles. The van der Waals surface area contributed by atoms with Gasteiger partial charge in [0.1, 0.15) is 11.5 Å². The van der Waals surface area contributed by atoms with Crippen LogP contribution in [0.4, 0.5) is 0 Å². The van der Waals surface area contributed by atoms with Crippen LogP contribution < -0.4 is 14.8 Å². The molecule has 2 rings (SSSR count). The third-order valence-electron chi connectivity index (χ3n) is 4.38. The summed E-state index contributed by atoms with van der Waals surface area (Å²) in [4.78, 5) is 24.7. The van der Waals surface area contributed by atoms with Crippen LogP contribution in [0.3, 0.4) is 0 Å². The van der Waals surface area contributed by atoms with E-state index in [0.717, 1.165) is 0 Å². The van der Waals surface area contributed by atoms with Crippen molar-refractivity contribution in [2.75, 3.05) is 14.2 Å². The predicted octanol–water partition coefficient (Wildman–Crippen LogP) is 2.75. The highest BCUT2D eigenvalue weighted by molar-refractivity contribution is 5.89. The Bertz CT molecular complexity index is 753. The number of methoxy groups -OCH3 is 2. The summed E-state index contributed by atoms with van der Waals surface area (Å²) >= 11 is 0. The highest BCUT2D eigenvalue weighted by Crippen LogP contribution is 2.30. The molecule has 26 heavy (non-hydrogen) atoms. The average Bonchev–Trinajstić information content (AvgIpc) is 2.66. The van der Waals surface area contributed by atoms with Gasteiger partial charge in [-0.3, -0.25) is 4.79 Å². The fraction of sp³-hybridized carbons (Fsp3) is 0.300. The number of hydrogen-bond donors (Lipinski definition) is 2. The molecule has 0 saturated heterocycles. The highest BCUT2D eigenvalue weighted by Gasteiger charge is 2.40. The molecular formula is C20H23NO5. The third kappa shape index (κ3) is 3.79. The van der Waals surface area contributed by atoms with Gasteiger partial charge in [0.05, 0.1) is 20.6 Å². The van der Waals surface area contributed by atoms with E-state index in [1.807, 2.05) is 0 Å². The molecule has 6 nitrogen and oxygen atoms in total. The topological polar surface area (TPSA) is 84.9 Å². The molecule has 0 saturated carbocycles. The molecule has 2 aromatic rings. The second kappa shape index (κ2) is 8.38. The lowest BCUT2D eigenvalue weighted by atomic mass is 9.87. The molecule has 6 heteroatoms. The van der Waals surface area contributed by atoms with Gasteiger partial charge in [-0.25, -0.2) is 4.79 Å². The maximum atomic E-state index is 12.7. The summed E-state index contributed by atoms with van der Waals surface area (Å²) < 4.78 is 10.6. The average molecular weight is 357 g/mol. The Labute approximate surface area is 152 Å². The van der Waals surface area contributed by atoms with Gasteiger partial charge in [-0.2, -0.15) is 0 Å². The first-order chi connectivity index (χ1) is 12.5. The lowest BCUT2D eigenvalue weighted by Gasteiger charge is -2.30. The molecule has 1 unspecified atom stereocenters. The summed E-state index contributed by atoms with van der Waals surface area (Å²) in [6.45, 7) is 1.73. The molecule has 0 fully saturated rings. The zero-order valence-corrected chi connectivity index (χ0v) is 15.1. The van der Waals surface area contributed by atoms with E-state index in [9.17, 15) is 14.7 Å². The van der Waals surface area contributed by atoms with E-state index in [2.05, 4.69) is 5.32 Å². The summed E-state index contributed by atoms with van der Waals surface area (Å²) in [6.07, 6.45) is 0.149. The zero-order chi connectivity index (χ0) is 19.2. The fourth-order valence-electron chi connectivity index (χ4n) is 2.96. The Kier molecular flexibility index (Phi) is 6.22. The summed E-state index contributed by atoms with van der Waals surface area (Å²) in [6, 6.07) is 13.9. The van der Waals surface area contributed by atoms with E-state index in [0.29, 0.717) is 22.6 Å². The van der Waals surface area contributed by atoms with Crippen LogP contribution in [-0.2, 0) is 21.5 Å². The molecule has 0 bridgehead atoms. The van der Waals surface area contributed by atoms with Gasteiger partial charge in [-0.15, -0.1) is 0 Å². The van der Waals surface area contributed by atoms with Gasteiger partial charge in [0.25, 0.3) is 0 Å². The molecule has 1 amide bonds. The van der Waals surface area contributed by atoms with Crippen LogP contribution in [0, 0.1) is 0 Å². The van der Waals surface area contributed by atoms with Crippen LogP contribution in [0.2, 0.25) is 0 Å². The second-order valence-corrected chi connectivity index (χ2v) is 5.80. The van der Waals surface area contributed by atoms with Gasteiger partial charge in [-0.1, -0.05) is 43.3 Å². The van der Waals surface area contributed by atoms with Crippen LogP contribution in [-0.4, -0.2) is 31.2 Å². The molecule has 138 valence electrons. The number of carbonyl (C=O) groups excluding carboxylic acids is 1.